The largest absolute Gasteiger partial charge is 0.497 e. The van der Waals surface area contributed by atoms with Gasteiger partial charge in [-0.2, -0.15) is 0 Å². The Kier molecular flexibility index (Phi) is 5.43. The van der Waals surface area contributed by atoms with Gasteiger partial charge in [0, 0.05) is 32.7 Å². The maximum atomic E-state index is 12.0. The lowest BCUT2D eigenvalue weighted by Gasteiger charge is -2.32. The van der Waals surface area contributed by atoms with Crippen LogP contribution in [0.5, 0.6) is 5.75 Å². The van der Waals surface area contributed by atoms with E-state index in [9.17, 15) is 9.59 Å². The van der Waals surface area contributed by atoms with Crippen molar-refractivity contribution >= 4 is 12.4 Å². The number of hydrogen-bond donors (Lipinski definition) is 1. The smallest absolute Gasteiger partial charge is 0.317 e. The summed E-state index contributed by atoms with van der Waals surface area (Å²) in [5, 5.41) is 2.91. The van der Waals surface area contributed by atoms with E-state index in [1.165, 1.54) is 0 Å². The Morgan fingerprint density at radius 1 is 1.33 bits per heavy atom. The Balaban J connectivity index is 1.73. The number of rotatable bonds is 5. The maximum absolute atomic E-state index is 12.0. The molecule has 0 saturated carbocycles. The minimum Gasteiger partial charge on any atom is -0.497 e. The van der Waals surface area contributed by atoms with Gasteiger partial charge in [-0.15, -0.1) is 0 Å². The van der Waals surface area contributed by atoms with Crippen LogP contribution in [0.4, 0.5) is 4.79 Å². The minimum absolute atomic E-state index is 0.0663. The van der Waals surface area contributed by atoms with Crippen molar-refractivity contribution in [1.29, 1.82) is 0 Å². The summed E-state index contributed by atoms with van der Waals surface area (Å²) in [5.74, 6) is 0.823. The average Bonchev–Trinajstić information content (AvgIpc) is 2.55. The van der Waals surface area contributed by atoms with E-state index in [4.69, 9.17) is 4.74 Å². The van der Waals surface area contributed by atoms with Crippen molar-refractivity contribution in [2.24, 2.45) is 0 Å². The summed E-state index contributed by atoms with van der Waals surface area (Å²) < 4.78 is 5.17. The quantitative estimate of drug-likeness (QED) is 0.813. The molecule has 1 N–H and O–H groups in total. The summed E-state index contributed by atoms with van der Waals surface area (Å²) in [5.41, 5.74) is 1.13. The molecule has 0 bridgehead atoms. The zero-order valence-corrected chi connectivity index (χ0v) is 12.2. The fourth-order valence-electron chi connectivity index (χ4n) is 2.28. The maximum Gasteiger partial charge on any atom is 0.317 e. The first kappa shape index (κ1) is 15.2. The molecule has 1 aliphatic heterocycles. The Labute approximate surface area is 124 Å². The Morgan fingerprint density at radius 3 is 2.76 bits per heavy atom. The fraction of sp³-hybridized carbons (Fsp3) is 0.467. The van der Waals surface area contributed by atoms with Crippen molar-refractivity contribution in [3.05, 3.63) is 29.8 Å². The summed E-state index contributed by atoms with van der Waals surface area (Å²) in [6, 6.07) is 7.75. The number of benzene rings is 1. The number of carbonyl (C=O) groups is 2. The molecule has 6 heteroatoms. The van der Waals surface area contributed by atoms with Crippen molar-refractivity contribution in [1.82, 2.24) is 15.1 Å². The lowest BCUT2D eigenvalue weighted by molar-refractivity contribution is -0.119. The highest BCUT2D eigenvalue weighted by Gasteiger charge is 2.19. The average molecular weight is 291 g/mol. The molecule has 1 aromatic carbocycles. The molecule has 0 spiro atoms. The first-order valence-electron chi connectivity index (χ1n) is 7.08. The van der Waals surface area contributed by atoms with Crippen molar-refractivity contribution in [3.63, 3.8) is 0 Å². The third kappa shape index (κ3) is 4.37. The summed E-state index contributed by atoms with van der Waals surface area (Å²) in [4.78, 5) is 26.0. The second-order valence-electron chi connectivity index (χ2n) is 4.96. The van der Waals surface area contributed by atoms with Crippen LogP contribution >= 0.6 is 0 Å². The molecule has 1 saturated heterocycles. The first-order valence-corrected chi connectivity index (χ1v) is 7.08. The lowest BCUT2D eigenvalue weighted by Crippen LogP contribution is -2.51. The van der Waals surface area contributed by atoms with Gasteiger partial charge >= 0.3 is 6.03 Å². The molecule has 1 aliphatic rings. The van der Waals surface area contributed by atoms with E-state index >= 15 is 0 Å². The summed E-state index contributed by atoms with van der Waals surface area (Å²) in [6.07, 6.45) is 1.59. The Bertz CT molecular complexity index is 485. The van der Waals surface area contributed by atoms with Crippen molar-refractivity contribution < 1.29 is 14.3 Å². The summed E-state index contributed by atoms with van der Waals surface area (Å²) in [6.45, 7) is 2.97. The van der Waals surface area contributed by atoms with Crippen LogP contribution in [0.25, 0.3) is 0 Å². The van der Waals surface area contributed by atoms with Gasteiger partial charge in [-0.25, -0.2) is 4.79 Å². The molecule has 0 aliphatic carbocycles. The molecule has 3 amide bonds. The Hall–Kier alpha value is -2.24. The van der Waals surface area contributed by atoms with Crippen LogP contribution in [0.1, 0.15) is 5.56 Å². The number of methoxy groups -OCH3 is 1. The first-order chi connectivity index (χ1) is 10.2. The van der Waals surface area contributed by atoms with Crippen LogP contribution < -0.4 is 10.1 Å². The predicted octanol–water partition coefficient (Wildman–Crippen LogP) is 0.721. The van der Waals surface area contributed by atoms with Crippen molar-refractivity contribution in [2.75, 3.05) is 39.8 Å². The van der Waals surface area contributed by atoms with Crippen LogP contribution in [0, 0.1) is 0 Å². The van der Waals surface area contributed by atoms with Gasteiger partial charge in [-0.3, -0.25) is 4.79 Å². The van der Waals surface area contributed by atoms with E-state index in [0.717, 1.165) is 24.1 Å². The van der Waals surface area contributed by atoms with Gasteiger partial charge in [0.25, 0.3) is 0 Å². The number of urea groups is 1. The van der Waals surface area contributed by atoms with Crippen molar-refractivity contribution in [2.45, 2.75) is 6.42 Å². The number of ether oxygens (including phenoxy) is 1. The molecule has 0 aromatic heterocycles. The van der Waals surface area contributed by atoms with E-state index in [-0.39, 0.29) is 6.03 Å². The van der Waals surface area contributed by atoms with Gasteiger partial charge in [0.05, 0.1) is 7.11 Å². The lowest BCUT2D eigenvalue weighted by atomic mass is 10.1. The van der Waals surface area contributed by atoms with E-state index in [1.54, 1.807) is 16.9 Å². The molecule has 0 radical (unpaired) electrons. The third-order valence-electron chi connectivity index (χ3n) is 3.57. The van der Waals surface area contributed by atoms with Gasteiger partial charge < -0.3 is 19.9 Å². The number of nitrogens with one attached hydrogen (secondary N) is 1. The normalized spacial score (nSPS) is 14.7. The van der Waals surface area contributed by atoms with Crippen molar-refractivity contribution in [3.8, 4) is 5.75 Å². The highest BCUT2D eigenvalue weighted by Crippen LogP contribution is 2.12. The number of carbonyl (C=O) groups excluding carboxylic acids is 2. The zero-order valence-electron chi connectivity index (χ0n) is 12.2. The molecule has 1 aromatic rings. The van der Waals surface area contributed by atoms with Gasteiger partial charge in [-0.05, 0) is 24.1 Å². The molecule has 6 nitrogen and oxygen atoms in total. The molecule has 2 rings (SSSR count). The van der Waals surface area contributed by atoms with Gasteiger partial charge in [0.2, 0.25) is 6.41 Å². The molecule has 21 heavy (non-hydrogen) atoms. The van der Waals surface area contributed by atoms with Crippen LogP contribution in [0.15, 0.2) is 24.3 Å². The van der Waals surface area contributed by atoms with E-state index < -0.39 is 0 Å². The SMILES string of the molecule is COc1cccc(CCNC(=O)N2CCN(C=O)CC2)c1. The van der Waals surface area contributed by atoms with E-state index in [0.29, 0.717) is 32.7 Å². The number of nitrogens with zero attached hydrogens (tertiary/aromatic N) is 2. The molecule has 114 valence electrons. The second kappa shape index (κ2) is 7.52. The van der Waals surface area contributed by atoms with Crippen LogP contribution in [-0.2, 0) is 11.2 Å². The second-order valence-corrected chi connectivity index (χ2v) is 4.96. The molecule has 0 atom stereocenters. The summed E-state index contributed by atoms with van der Waals surface area (Å²) >= 11 is 0. The molecule has 1 fully saturated rings. The highest BCUT2D eigenvalue weighted by molar-refractivity contribution is 5.74. The standard InChI is InChI=1S/C15H21N3O3/c1-21-14-4-2-3-13(11-14)5-6-16-15(20)18-9-7-17(12-19)8-10-18/h2-4,11-12H,5-10H2,1H3,(H,16,20). The molecular formula is C15H21N3O3. The highest BCUT2D eigenvalue weighted by atomic mass is 16.5. The minimum atomic E-state index is -0.0663. The third-order valence-corrected chi connectivity index (χ3v) is 3.57. The van der Waals surface area contributed by atoms with Crippen LogP contribution in [0.2, 0.25) is 0 Å². The fourth-order valence-corrected chi connectivity index (χ4v) is 2.28. The monoisotopic (exact) mass is 291 g/mol. The Morgan fingerprint density at radius 2 is 2.10 bits per heavy atom. The molecule has 0 unspecified atom stereocenters. The van der Waals surface area contributed by atoms with E-state index in [1.807, 2.05) is 24.3 Å². The van der Waals surface area contributed by atoms with Gasteiger partial charge in [0.15, 0.2) is 0 Å². The van der Waals surface area contributed by atoms with Crippen LogP contribution in [-0.4, -0.2) is 62.1 Å². The zero-order chi connectivity index (χ0) is 15.1. The predicted molar refractivity (Wildman–Crippen MR) is 79.3 cm³/mol. The van der Waals surface area contributed by atoms with E-state index in [2.05, 4.69) is 5.32 Å². The van der Waals surface area contributed by atoms with Crippen LogP contribution in [0.3, 0.4) is 0 Å². The molecular weight excluding hydrogens is 270 g/mol. The van der Waals surface area contributed by atoms with Gasteiger partial charge in [-0.1, -0.05) is 12.1 Å². The number of amides is 3. The molecule has 1 heterocycles. The number of hydrogen-bond acceptors (Lipinski definition) is 3. The number of piperazine rings is 1. The van der Waals surface area contributed by atoms with Gasteiger partial charge in [0.1, 0.15) is 5.75 Å². The topological polar surface area (TPSA) is 61.9 Å². The summed E-state index contributed by atoms with van der Waals surface area (Å²) in [7, 11) is 1.64.